The van der Waals surface area contributed by atoms with E-state index in [1.165, 1.54) is 24.3 Å². The minimum Gasteiger partial charge on any atom is -0.336 e. The first-order valence-electron chi connectivity index (χ1n) is 9.99. The number of hydrogen-bond donors (Lipinski definition) is 1. The van der Waals surface area contributed by atoms with Crippen LogP contribution in [-0.4, -0.2) is 59.3 Å². The van der Waals surface area contributed by atoms with Gasteiger partial charge < -0.3 is 10.2 Å². The molecule has 1 heterocycles. The zero-order chi connectivity index (χ0) is 22.7. The molecule has 1 aliphatic heterocycles. The number of nitrogens with one attached hydrogen (secondary N) is 1. The van der Waals surface area contributed by atoms with E-state index in [4.69, 9.17) is 0 Å². The van der Waals surface area contributed by atoms with Crippen molar-refractivity contribution in [1.29, 1.82) is 0 Å². The normalized spacial score (nSPS) is 14.4. The predicted molar refractivity (Wildman–Crippen MR) is 115 cm³/mol. The average Bonchev–Trinajstić information content (AvgIpc) is 2.69. The van der Waals surface area contributed by atoms with Gasteiger partial charge in [-0.1, -0.05) is 0 Å². The summed E-state index contributed by atoms with van der Waals surface area (Å²) in [4.78, 5) is 39.9. The van der Waals surface area contributed by atoms with Crippen LogP contribution in [0.2, 0.25) is 0 Å². The number of halogens is 1. The maximum absolute atomic E-state index is 13.1. The molecule has 1 N–H and O–H groups in total. The van der Waals surface area contributed by atoms with Gasteiger partial charge in [0, 0.05) is 43.0 Å². The Labute approximate surface area is 179 Å². The third-order valence-electron chi connectivity index (χ3n) is 5.48. The van der Waals surface area contributed by atoms with E-state index in [1.807, 2.05) is 4.90 Å². The van der Waals surface area contributed by atoms with Gasteiger partial charge in [0.1, 0.15) is 5.82 Å². The number of amides is 2. The highest BCUT2D eigenvalue weighted by Gasteiger charge is 2.29. The zero-order valence-electron chi connectivity index (χ0n) is 17.8. The Morgan fingerprint density at radius 1 is 1.06 bits per heavy atom. The molecule has 9 heteroatoms. The summed E-state index contributed by atoms with van der Waals surface area (Å²) in [6.07, 6.45) is 0. The molecular formula is C22H25FN4O4. The first-order chi connectivity index (χ1) is 14.7. The molecule has 8 nitrogen and oxygen atoms in total. The molecule has 0 bridgehead atoms. The van der Waals surface area contributed by atoms with Gasteiger partial charge in [0.05, 0.1) is 17.0 Å². The molecule has 31 heavy (non-hydrogen) atoms. The van der Waals surface area contributed by atoms with Gasteiger partial charge in [-0.05, 0) is 56.7 Å². The number of anilines is 1. The topological polar surface area (TPSA) is 95.8 Å². The second kappa shape index (κ2) is 9.22. The van der Waals surface area contributed by atoms with Crippen molar-refractivity contribution in [2.75, 3.05) is 38.0 Å². The third kappa shape index (κ3) is 5.05. The number of nitro benzene ring substituents is 1. The Balaban J connectivity index is 1.61. The van der Waals surface area contributed by atoms with Crippen LogP contribution in [0.25, 0.3) is 0 Å². The maximum Gasteiger partial charge on any atom is 0.275 e. The molecule has 0 spiro atoms. The van der Waals surface area contributed by atoms with Gasteiger partial charge in [-0.25, -0.2) is 4.39 Å². The van der Waals surface area contributed by atoms with Crippen molar-refractivity contribution >= 4 is 23.2 Å². The number of carbonyl (C=O) groups is 2. The van der Waals surface area contributed by atoms with E-state index in [0.29, 0.717) is 54.1 Å². The minimum absolute atomic E-state index is 0.0231. The summed E-state index contributed by atoms with van der Waals surface area (Å²) in [5.74, 6) is -0.816. The van der Waals surface area contributed by atoms with Crippen LogP contribution in [0, 0.1) is 36.7 Å². The highest BCUT2D eigenvalue weighted by Crippen LogP contribution is 2.29. The molecular weight excluding hydrogens is 403 g/mol. The lowest BCUT2D eigenvalue weighted by Crippen LogP contribution is -2.50. The lowest BCUT2D eigenvalue weighted by molar-refractivity contribution is -0.386. The molecule has 0 aliphatic carbocycles. The lowest BCUT2D eigenvalue weighted by Gasteiger charge is -2.34. The molecule has 164 valence electrons. The van der Waals surface area contributed by atoms with Gasteiger partial charge in [-0.3, -0.25) is 24.6 Å². The van der Waals surface area contributed by atoms with Crippen LogP contribution in [0.15, 0.2) is 30.3 Å². The monoisotopic (exact) mass is 428 g/mol. The first-order valence-corrected chi connectivity index (χ1v) is 9.99. The molecule has 0 aromatic heterocycles. The smallest absolute Gasteiger partial charge is 0.275 e. The third-order valence-corrected chi connectivity index (χ3v) is 5.48. The number of benzene rings is 2. The van der Waals surface area contributed by atoms with Gasteiger partial charge >= 0.3 is 0 Å². The second-order valence-corrected chi connectivity index (χ2v) is 7.74. The average molecular weight is 428 g/mol. The number of hydrogen-bond acceptors (Lipinski definition) is 5. The van der Waals surface area contributed by atoms with E-state index in [-0.39, 0.29) is 29.9 Å². The number of nitrogens with zero attached hydrogens (tertiary/aromatic N) is 3. The Bertz CT molecular complexity index is 1020. The van der Waals surface area contributed by atoms with E-state index in [0.717, 1.165) is 0 Å². The highest BCUT2D eigenvalue weighted by molar-refractivity contribution is 5.98. The summed E-state index contributed by atoms with van der Waals surface area (Å²) >= 11 is 0. The van der Waals surface area contributed by atoms with Crippen molar-refractivity contribution in [1.82, 2.24) is 9.80 Å². The predicted octanol–water partition coefficient (Wildman–Crippen LogP) is 3.06. The van der Waals surface area contributed by atoms with Gasteiger partial charge in [-0.15, -0.1) is 0 Å². The molecule has 3 rings (SSSR count). The summed E-state index contributed by atoms with van der Waals surface area (Å²) in [5.41, 5.74) is 2.51. The summed E-state index contributed by atoms with van der Waals surface area (Å²) in [5, 5.41) is 14.1. The number of rotatable bonds is 5. The van der Waals surface area contributed by atoms with Crippen LogP contribution in [0.3, 0.4) is 0 Å². The van der Waals surface area contributed by atoms with E-state index in [2.05, 4.69) is 5.32 Å². The number of nitro groups is 1. The summed E-state index contributed by atoms with van der Waals surface area (Å²) < 4.78 is 13.0. The number of aryl methyl sites for hydroxylation is 2. The van der Waals surface area contributed by atoms with E-state index in [9.17, 15) is 24.1 Å². The molecule has 1 aliphatic rings. The maximum atomic E-state index is 13.1. The molecule has 0 unspecified atom stereocenters. The van der Waals surface area contributed by atoms with Gasteiger partial charge in [-0.2, -0.15) is 0 Å². The van der Waals surface area contributed by atoms with E-state index in [1.54, 1.807) is 31.7 Å². The zero-order valence-corrected chi connectivity index (χ0v) is 17.8. The Hall–Kier alpha value is -3.33. The van der Waals surface area contributed by atoms with Gasteiger partial charge in [0.25, 0.3) is 11.6 Å². The summed E-state index contributed by atoms with van der Waals surface area (Å²) in [7, 11) is 0. The fourth-order valence-electron chi connectivity index (χ4n) is 3.99. The molecule has 2 aromatic rings. The van der Waals surface area contributed by atoms with E-state index >= 15 is 0 Å². The molecule has 2 aromatic carbocycles. The van der Waals surface area contributed by atoms with Crippen molar-refractivity contribution in [3.8, 4) is 0 Å². The quantitative estimate of drug-likeness (QED) is 0.583. The van der Waals surface area contributed by atoms with E-state index < -0.39 is 4.92 Å². The SMILES string of the molecule is Cc1cc(C)c([N+](=O)[O-])c(C)c1C(=O)N1CCN(CC(=O)Nc2ccc(F)cc2)CC1. The van der Waals surface area contributed by atoms with Crippen molar-refractivity contribution in [3.05, 3.63) is 68.5 Å². The highest BCUT2D eigenvalue weighted by atomic mass is 19.1. The Kier molecular flexibility index (Phi) is 6.65. The second-order valence-electron chi connectivity index (χ2n) is 7.74. The summed E-state index contributed by atoms with van der Waals surface area (Å²) in [6.45, 7) is 7.08. The van der Waals surface area contributed by atoms with Crippen LogP contribution in [-0.2, 0) is 4.79 Å². The molecule has 0 atom stereocenters. The van der Waals surface area contributed by atoms with Gasteiger partial charge in [0.2, 0.25) is 5.91 Å². The molecule has 1 saturated heterocycles. The number of piperazine rings is 1. The summed E-state index contributed by atoms with van der Waals surface area (Å²) in [6, 6.07) is 7.22. The van der Waals surface area contributed by atoms with Crippen LogP contribution < -0.4 is 5.32 Å². The molecule has 2 amide bonds. The largest absolute Gasteiger partial charge is 0.336 e. The van der Waals surface area contributed by atoms with Crippen molar-refractivity contribution < 1.29 is 18.9 Å². The van der Waals surface area contributed by atoms with Crippen molar-refractivity contribution in [2.24, 2.45) is 0 Å². The van der Waals surface area contributed by atoms with Gasteiger partial charge in [0.15, 0.2) is 0 Å². The van der Waals surface area contributed by atoms with Crippen molar-refractivity contribution in [2.45, 2.75) is 20.8 Å². The number of carbonyl (C=O) groups excluding carboxylic acids is 2. The molecule has 0 saturated carbocycles. The Morgan fingerprint density at radius 3 is 2.26 bits per heavy atom. The first kappa shape index (κ1) is 22.4. The van der Waals surface area contributed by atoms with Crippen molar-refractivity contribution in [3.63, 3.8) is 0 Å². The van der Waals surface area contributed by atoms with Crippen LogP contribution >= 0.6 is 0 Å². The standard InChI is InChI=1S/C22H25FN4O4/c1-14-12-15(2)21(27(30)31)16(3)20(14)22(29)26-10-8-25(9-11-26)13-19(28)24-18-6-4-17(23)5-7-18/h4-7,12H,8-11,13H2,1-3H3,(H,24,28). The lowest BCUT2D eigenvalue weighted by atomic mass is 9.96. The van der Waals surface area contributed by atoms with Crippen LogP contribution in [0.5, 0.6) is 0 Å². The fourth-order valence-corrected chi connectivity index (χ4v) is 3.99. The van der Waals surface area contributed by atoms with Crippen LogP contribution in [0.1, 0.15) is 27.0 Å². The fraction of sp³-hybridized carbons (Fsp3) is 0.364. The molecule has 0 radical (unpaired) electrons. The minimum atomic E-state index is -0.446. The Morgan fingerprint density at radius 2 is 1.68 bits per heavy atom. The van der Waals surface area contributed by atoms with Crippen LogP contribution in [0.4, 0.5) is 15.8 Å². The molecule has 1 fully saturated rings.